The molecule has 0 unspecified atom stereocenters. The molecule has 0 atom stereocenters. The summed E-state index contributed by atoms with van der Waals surface area (Å²) in [5.74, 6) is 2.83. The third-order valence-electron chi connectivity index (χ3n) is 5.80. The molecular formula is C26H32N4O4. The van der Waals surface area contributed by atoms with Gasteiger partial charge in [-0.25, -0.2) is 0 Å². The fourth-order valence-corrected chi connectivity index (χ4v) is 3.89. The van der Waals surface area contributed by atoms with Crippen LogP contribution in [0.25, 0.3) is 11.4 Å². The molecule has 2 heterocycles. The van der Waals surface area contributed by atoms with E-state index in [-0.39, 0.29) is 5.91 Å². The highest BCUT2D eigenvalue weighted by molar-refractivity contribution is 5.76. The normalized spacial score (nSPS) is 14.2. The second kappa shape index (κ2) is 11.7. The smallest absolute Gasteiger partial charge is 0.241 e. The quantitative estimate of drug-likeness (QED) is 0.420. The van der Waals surface area contributed by atoms with Crippen molar-refractivity contribution in [2.24, 2.45) is 0 Å². The molecule has 3 aromatic rings. The first kappa shape index (κ1) is 23.8. The predicted octanol–water partition coefficient (Wildman–Crippen LogP) is 3.95. The number of piperazine rings is 1. The van der Waals surface area contributed by atoms with E-state index < -0.39 is 0 Å². The number of hydrogen-bond acceptors (Lipinski definition) is 7. The number of rotatable bonds is 10. The van der Waals surface area contributed by atoms with Gasteiger partial charge in [0.2, 0.25) is 17.6 Å². The molecule has 4 rings (SSSR count). The first-order chi connectivity index (χ1) is 16.6. The zero-order valence-corrected chi connectivity index (χ0v) is 19.9. The maximum atomic E-state index is 12.6. The maximum Gasteiger partial charge on any atom is 0.241 e. The van der Waals surface area contributed by atoms with Crippen LogP contribution in [0, 0.1) is 6.92 Å². The topological polar surface area (TPSA) is 80.9 Å². The molecule has 1 saturated heterocycles. The summed E-state index contributed by atoms with van der Waals surface area (Å²) in [6.07, 6.45) is 1.14. The number of ether oxygens (including phenoxy) is 2. The Hall–Kier alpha value is -3.39. The highest BCUT2D eigenvalue weighted by Crippen LogP contribution is 2.26. The number of benzene rings is 2. The van der Waals surface area contributed by atoms with Gasteiger partial charge in [-0.2, -0.15) is 4.98 Å². The van der Waals surface area contributed by atoms with Crippen LogP contribution in [0.4, 0.5) is 0 Å². The monoisotopic (exact) mass is 464 g/mol. The van der Waals surface area contributed by atoms with E-state index in [0.717, 1.165) is 30.2 Å². The molecule has 0 spiro atoms. The zero-order valence-electron chi connectivity index (χ0n) is 19.9. The third-order valence-corrected chi connectivity index (χ3v) is 5.80. The third kappa shape index (κ3) is 6.35. The van der Waals surface area contributed by atoms with Crippen molar-refractivity contribution < 1.29 is 18.8 Å². The van der Waals surface area contributed by atoms with Crippen molar-refractivity contribution in [2.75, 3.05) is 39.4 Å². The van der Waals surface area contributed by atoms with Crippen LogP contribution in [0.5, 0.6) is 11.5 Å². The largest absolute Gasteiger partial charge is 0.490 e. The second-order valence-corrected chi connectivity index (χ2v) is 8.37. The molecule has 1 aromatic heterocycles. The molecule has 34 heavy (non-hydrogen) atoms. The molecule has 1 fully saturated rings. The average molecular weight is 465 g/mol. The van der Waals surface area contributed by atoms with Gasteiger partial charge in [0, 0.05) is 38.2 Å². The minimum Gasteiger partial charge on any atom is -0.490 e. The Morgan fingerprint density at radius 3 is 2.41 bits per heavy atom. The van der Waals surface area contributed by atoms with Gasteiger partial charge >= 0.3 is 0 Å². The van der Waals surface area contributed by atoms with Gasteiger partial charge in [-0.15, -0.1) is 0 Å². The van der Waals surface area contributed by atoms with Gasteiger partial charge in [0.25, 0.3) is 0 Å². The van der Waals surface area contributed by atoms with E-state index in [1.54, 1.807) is 0 Å². The molecule has 0 aliphatic carbocycles. The minimum atomic E-state index is 0.167. The number of nitrogens with zero attached hydrogens (tertiary/aromatic N) is 4. The van der Waals surface area contributed by atoms with Crippen LogP contribution < -0.4 is 9.47 Å². The fraction of sp³-hybridized carbons (Fsp3) is 0.423. The fourth-order valence-electron chi connectivity index (χ4n) is 3.89. The lowest BCUT2D eigenvalue weighted by atomic mass is 10.1. The minimum absolute atomic E-state index is 0.167. The van der Waals surface area contributed by atoms with E-state index in [4.69, 9.17) is 14.0 Å². The van der Waals surface area contributed by atoms with Crippen LogP contribution in [-0.2, 0) is 11.3 Å². The lowest BCUT2D eigenvalue weighted by Gasteiger charge is -2.34. The van der Waals surface area contributed by atoms with E-state index in [2.05, 4.69) is 15.0 Å². The van der Waals surface area contributed by atoms with Crippen molar-refractivity contribution in [2.45, 2.75) is 33.2 Å². The number of carbonyl (C=O) groups is 1. The van der Waals surface area contributed by atoms with Crippen LogP contribution in [0.3, 0.4) is 0 Å². The standard InChI is InChI=1S/C26H32N4O4/c1-3-32-22-7-4-5-8-23(22)33-18-6-9-25(31)30-16-14-29(15-17-30)19-24-27-26(28-34-24)21-12-10-20(2)11-13-21/h4-5,7-8,10-13H,3,6,9,14-19H2,1-2H3. The van der Waals surface area contributed by atoms with E-state index in [9.17, 15) is 4.79 Å². The summed E-state index contributed by atoms with van der Waals surface area (Å²) in [6, 6.07) is 15.7. The van der Waals surface area contributed by atoms with E-state index >= 15 is 0 Å². The van der Waals surface area contributed by atoms with Crippen molar-refractivity contribution in [1.82, 2.24) is 19.9 Å². The first-order valence-corrected chi connectivity index (χ1v) is 11.9. The Balaban J connectivity index is 1.17. The Morgan fingerprint density at radius 1 is 1.00 bits per heavy atom. The summed E-state index contributed by atoms with van der Waals surface area (Å²) < 4.78 is 16.8. The number of hydrogen-bond donors (Lipinski definition) is 0. The molecule has 0 radical (unpaired) electrons. The van der Waals surface area contributed by atoms with E-state index in [1.807, 2.05) is 67.3 Å². The lowest BCUT2D eigenvalue weighted by Crippen LogP contribution is -2.48. The Labute approximate surface area is 200 Å². The Morgan fingerprint density at radius 2 is 1.71 bits per heavy atom. The zero-order chi connectivity index (χ0) is 23.8. The molecule has 8 heteroatoms. The van der Waals surface area contributed by atoms with Crippen molar-refractivity contribution >= 4 is 5.91 Å². The summed E-state index contributed by atoms with van der Waals surface area (Å²) in [5, 5.41) is 4.11. The summed E-state index contributed by atoms with van der Waals surface area (Å²) in [7, 11) is 0. The molecule has 0 N–H and O–H groups in total. The molecule has 180 valence electrons. The number of carbonyl (C=O) groups excluding carboxylic acids is 1. The van der Waals surface area contributed by atoms with Gasteiger partial charge in [0.15, 0.2) is 11.5 Å². The van der Waals surface area contributed by atoms with Crippen molar-refractivity contribution in [1.29, 1.82) is 0 Å². The molecule has 8 nitrogen and oxygen atoms in total. The van der Waals surface area contributed by atoms with Gasteiger partial charge < -0.3 is 18.9 Å². The van der Waals surface area contributed by atoms with Crippen molar-refractivity contribution in [3.8, 4) is 22.9 Å². The van der Waals surface area contributed by atoms with Crippen LogP contribution in [0.1, 0.15) is 31.2 Å². The summed E-state index contributed by atoms with van der Waals surface area (Å²) >= 11 is 0. The summed E-state index contributed by atoms with van der Waals surface area (Å²) in [6.45, 7) is 8.62. The molecule has 2 aromatic carbocycles. The maximum absolute atomic E-state index is 12.6. The van der Waals surface area contributed by atoms with Crippen LogP contribution in [0.15, 0.2) is 53.1 Å². The van der Waals surface area contributed by atoms with Crippen LogP contribution in [0.2, 0.25) is 0 Å². The van der Waals surface area contributed by atoms with Crippen molar-refractivity contribution in [3.63, 3.8) is 0 Å². The van der Waals surface area contributed by atoms with E-state index in [0.29, 0.717) is 57.4 Å². The van der Waals surface area contributed by atoms with Crippen LogP contribution in [-0.4, -0.2) is 65.2 Å². The molecule has 0 bridgehead atoms. The van der Waals surface area contributed by atoms with Gasteiger partial charge in [0.1, 0.15) is 0 Å². The molecule has 0 saturated carbocycles. The molecule has 1 amide bonds. The number of para-hydroxylation sites is 2. The van der Waals surface area contributed by atoms with Crippen molar-refractivity contribution in [3.05, 3.63) is 60.0 Å². The molecule has 1 aliphatic heterocycles. The Bertz CT molecular complexity index is 1060. The molecule has 1 aliphatic rings. The van der Waals surface area contributed by atoms with Gasteiger partial charge in [-0.3, -0.25) is 9.69 Å². The Kier molecular flexibility index (Phi) is 8.14. The second-order valence-electron chi connectivity index (χ2n) is 8.37. The highest BCUT2D eigenvalue weighted by Gasteiger charge is 2.22. The number of aryl methyl sites for hydroxylation is 1. The van der Waals surface area contributed by atoms with Gasteiger partial charge in [-0.1, -0.05) is 47.1 Å². The number of amides is 1. The molecular weight excluding hydrogens is 432 g/mol. The number of aromatic nitrogens is 2. The average Bonchev–Trinajstić information content (AvgIpc) is 3.32. The predicted molar refractivity (Wildman–Crippen MR) is 129 cm³/mol. The van der Waals surface area contributed by atoms with E-state index in [1.165, 1.54) is 5.56 Å². The summed E-state index contributed by atoms with van der Waals surface area (Å²) in [5.41, 5.74) is 2.14. The highest BCUT2D eigenvalue weighted by atomic mass is 16.5. The lowest BCUT2D eigenvalue weighted by molar-refractivity contribution is -0.133. The van der Waals surface area contributed by atoms with Gasteiger partial charge in [0.05, 0.1) is 19.8 Å². The SMILES string of the molecule is CCOc1ccccc1OCCCC(=O)N1CCN(Cc2nc(-c3ccc(C)cc3)no2)CC1. The summed E-state index contributed by atoms with van der Waals surface area (Å²) in [4.78, 5) is 21.3. The van der Waals surface area contributed by atoms with Crippen LogP contribution >= 0.6 is 0 Å². The first-order valence-electron chi connectivity index (χ1n) is 11.9. The van der Waals surface area contributed by atoms with Gasteiger partial charge in [-0.05, 0) is 32.4 Å².